The monoisotopic (exact) mass is 427 g/mol. The number of rotatable bonds is 7. The Morgan fingerprint density at radius 3 is 2.32 bits per heavy atom. The van der Waals surface area contributed by atoms with Crippen LogP contribution in [0.4, 0.5) is 4.79 Å². The predicted octanol–water partition coefficient (Wildman–Crippen LogP) is 5.13. The molecule has 31 heavy (non-hydrogen) atoms. The summed E-state index contributed by atoms with van der Waals surface area (Å²) in [4.78, 5) is 16.0. The summed E-state index contributed by atoms with van der Waals surface area (Å²) in [7, 11) is 3.54. The van der Waals surface area contributed by atoms with E-state index in [1.54, 1.807) is 31.8 Å². The van der Waals surface area contributed by atoms with Gasteiger partial charge in [0.05, 0.1) is 11.8 Å². The molecule has 0 fully saturated rings. The molecule has 1 heterocycles. The van der Waals surface area contributed by atoms with Crippen molar-refractivity contribution in [2.45, 2.75) is 53.1 Å². The third-order valence-electron chi connectivity index (χ3n) is 4.51. The fraction of sp³-hybridized carbons (Fsp3) is 0.458. The zero-order valence-corrected chi connectivity index (χ0v) is 19.7. The lowest BCUT2D eigenvalue weighted by molar-refractivity contribution is -0.0171. The van der Waals surface area contributed by atoms with Crippen molar-refractivity contribution < 1.29 is 19.0 Å². The van der Waals surface area contributed by atoms with Gasteiger partial charge in [-0.15, -0.1) is 0 Å². The molecule has 0 bridgehead atoms. The van der Waals surface area contributed by atoms with E-state index in [0.29, 0.717) is 5.76 Å². The van der Waals surface area contributed by atoms with Crippen molar-refractivity contribution >= 4 is 23.7 Å². The van der Waals surface area contributed by atoms with Crippen LogP contribution < -0.4 is 0 Å². The first-order valence-corrected chi connectivity index (χ1v) is 10.3. The van der Waals surface area contributed by atoms with Gasteiger partial charge >= 0.3 is 6.16 Å². The van der Waals surface area contributed by atoms with Gasteiger partial charge in [-0.05, 0) is 43.4 Å². The number of aliphatic imine (C=N–C) groups is 1. The molecular formula is C24H33N3O4. The number of ether oxygens (including phenoxy) is 3. The third kappa shape index (κ3) is 6.70. The molecule has 7 heteroatoms. The molecule has 0 atom stereocenters. The van der Waals surface area contributed by atoms with E-state index in [0.717, 1.165) is 22.5 Å². The Balaban J connectivity index is 2.47. The van der Waals surface area contributed by atoms with Crippen LogP contribution >= 0.6 is 0 Å². The van der Waals surface area contributed by atoms with E-state index >= 15 is 0 Å². The molecule has 1 aromatic heterocycles. The lowest BCUT2D eigenvalue weighted by Crippen LogP contribution is -2.15. The number of aromatic nitrogens is 2. The standard InChI is InChI=1S/C24H33N3O4/c1-16(2)31-23(28)30-15-29-22(21-13-17(3)26-27(21)8)20(14-25-7)18-9-11-19(12-10-18)24(4,5)6/h9-14,16H,15H2,1-8H3/b22-20-,25-14-. The number of aryl methyl sites for hydroxylation is 2. The molecule has 0 amide bonds. The average Bonchev–Trinajstić information content (AvgIpc) is 3.00. The Morgan fingerprint density at radius 1 is 1.19 bits per heavy atom. The Labute approximate surface area is 184 Å². The number of allylic oxidation sites excluding steroid dienone is 1. The fourth-order valence-corrected chi connectivity index (χ4v) is 3.02. The topological polar surface area (TPSA) is 74.9 Å². The summed E-state index contributed by atoms with van der Waals surface area (Å²) in [5, 5.41) is 4.42. The smallest absolute Gasteiger partial charge is 0.454 e. The summed E-state index contributed by atoms with van der Waals surface area (Å²) in [5.74, 6) is 0.509. The number of hydrogen-bond donors (Lipinski definition) is 0. The molecule has 0 N–H and O–H groups in total. The first-order valence-electron chi connectivity index (χ1n) is 10.3. The minimum atomic E-state index is -0.782. The first kappa shape index (κ1) is 24.2. The molecule has 0 spiro atoms. The SMILES string of the molecule is C/N=C\C(=C(\OCOC(=O)OC(C)C)c1cc(C)nn1C)c1ccc(C(C)(C)C)cc1. The summed E-state index contributed by atoms with van der Waals surface area (Å²) >= 11 is 0. The second-order valence-corrected chi connectivity index (χ2v) is 8.58. The lowest BCUT2D eigenvalue weighted by Gasteiger charge is -2.20. The summed E-state index contributed by atoms with van der Waals surface area (Å²) in [6.07, 6.45) is 0.679. The van der Waals surface area contributed by atoms with E-state index in [4.69, 9.17) is 14.2 Å². The van der Waals surface area contributed by atoms with Crippen LogP contribution in [-0.4, -0.2) is 42.1 Å². The van der Waals surface area contributed by atoms with Crippen molar-refractivity contribution in [3.63, 3.8) is 0 Å². The highest BCUT2D eigenvalue weighted by Gasteiger charge is 2.19. The highest BCUT2D eigenvalue weighted by atomic mass is 16.8. The van der Waals surface area contributed by atoms with Gasteiger partial charge in [-0.1, -0.05) is 45.0 Å². The van der Waals surface area contributed by atoms with E-state index < -0.39 is 6.16 Å². The Bertz CT molecular complexity index is 948. The van der Waals surface area contributed by atoms with Gasteiger partial charge in [0.25, 0.3) is 0 Å². The Hall–Kier alpha value is -3.09. The predicted molar refractivity (Wildman–Crippen MR) is 123 cm³/mol. The second kappa shape index (κ2) is 10.3. The Kier molecular flexibility index (Phi) is 8.02. The van der Waals surface area contributed by atoms with Gasteiger partial charge in [0.1, 0.15) is 5.69 Å². The van der Waals surface area contributed by atoms with Crippen LogP contribution in [0.2, 0.25) is 0 Å². The van der Waals surface area contributed by atoms with E-state index in [2.05, 4.69) is 43.0 Å². The highest BCUT2D eigenvalue weighted by molar-refractivity contribution is 6.18. The van der Waals surface area contributed by atoms with E-state index in [1.807, 2.05) is 32.2 Å². The molecule has 0 saturated heterocycles. The van der Waals surface area contributed by atoms with Crippen molar-refractivity contribution in [1.82, 2.24) is 9.78 Å². The number of benzene rings is 1. The van der Waals surface area contributed by atoms with Crippen molar-refractivity contribution in [1.29, 1.82) is 0 Å². The number of carbonyl (C=O) groups is 1. The third-order valence-corrected chi connectivity index (χ3v) is 4.51. The lowest BCUT2D eigenvalue weighted by atomic mass is 9.86. The first-order chi connectivity index (χ1) is 14.5. The molecule has 0 unspecified atom stereocenters. The molecule has 168 valence electrons. The summed E-state index contributed by atoms with van der Waals surface area (Å²) in [6.45, 7) is 11.6. The van der Waals surface area contributed by atoms with Gasteiger partial charge < -0.3 is 14.2 Å². The second-order valence-electron chi connectivity index (χ2n) is 8.58. The van der Waals surface area contributed by atoms with Crippen LogP contribution in [-0.2, 0) is 26.7 Å². The zero-order chi connectivity index (χ0) is 23.2. The van der Waals surface area contributed by atoms with Crippen LogP contribution in [0.15, 0.2) is 35.3 Å². The maximum Gasteiger partial charge on any atom is 0.511 e. The van der Waals surface area contributed by atoms with Crippen molar-refractivity contribution in [2.75, 3.05) is 13.8 Å². The molecule has 0 aliphatic carbocycles. The van der Waals surface area contributed by atoms with E-state index in [9.17, 15) is 4.79 Å². The normalized spacial score (nSPS) is 12.8. The molecule has 1 aromatic carbocycles. The fourth-order valence-electron chi connectivity index (χ4n) is 3.02. The summed E-state index contributed by atoms with van der Waals surface area (Å²) in [6, 6.07) is 10.2. The van der Waals surface area contributed by atoms with Gasteiger partial charge in [0.15, 0.2) is 5.76 Å². The number of nitrogens with zero attached hydrogens (tertiary/aromatic N) is 3. The molecule has 7 nitrogen and oxygen atoms in total. The minimum absolute atomic E-state index is 0.0460. The maximum atomic E-state index is 11.8. The van der Waals surface area contributed by atoms with Crippen LogP contribution in [0, 0.1) is 6.92 Å². The minimum Gasteiger partial charge on any atom is -0.454 e. The van der Waals surface area contributed by atoms with Gasteiger partial charge in [0, 0.05) is 25.9 Å². The van der Waals surface area contributed by atoms with Crippen LogP contribution in [0.25, 0.3) is 11.3 Å². The van der Waals surface area contributed by atoms with Crippen LogP contribution in [0.1, 0.15) is 57.1 Å². The molecule has 0 aliphatic heterocycles. The largest absolute Gasteiger partial charge is 0.511 e. The van der Waals surface area contributed by atoms with E-state index in [1.165, 1.54) is 5.56 Å². The quantitative estimate of drug-likeness (QED) is 0.265. The van der Waals surface area contributed by atoms with Gasteiger partial charge in [-0.25, -0.2) is 4.79 Å². The molecule has 0 aliphatic rings. The molecule has 0 saturated carbocycles. The Morgan fingerprint density at radius 2 is 1.84 bits per heavy atom. The summed E-state index contributed by atoms with van der Waals surface area (Å²) in [5.41, 5.74) is 4.54. The van der Waals surface area contributed by atoms with Crippen molar-refractivity contribution in [3.8, 4) is 0 Å². The zero-order valence-electron chi connectivity index (χ0n) is 19.7. The van der Waals surface area contributed by atoms with Crippen molar-refractivity contribution in [2.24, 2.45) is 12.0 Å². The summed E-state index contributed by atoms with van der Waals surface area (Å²) < 4.78 is 17.8. The van der Waals surface area contributed by atoms with E-state index in [-0.39, 0.29) is 18.3 Å². The number of hydrogen-bond acceptors (Lipinski definition) is 6. The van der Waals surface area contributed by atoms with Gasteiger partial charge in [0.2, 0.25) is 6.79 Å². The average molecular weight is 428 g/mol. The molecule has 2 rings (SSSR count). The van der Waals surface area contributed by atoms with Gasteiger partial charge in [-0.2, -0.15) is 5.10 Å². The van der Waals surface area contributed by atoms with Crippen LogP contribution in [0.5, 0.6) is 0 Å². The van der Waals surface area contributed by atoms with Gasteiger partial charge in [-0.3, -0.25) is 9.67 Å². The highest BCUT2D eigenvalue weighted by Crippen LogP contribution is 2.29. The molecule has 0 radical (unpaired) electrons. The molecular weight excluding hydrogens is 394 g/mol. The molecule has 2 aromatic rings. The number of carbonyl (C=O) groups excluding carboxylic acids is 1. The maximum absolute atomic E-state index is 11.8. The van der Waals surface area contributed by atoms with Crippen LogP contribution in [0.3, 0.4) is 0 Å². The van der Waals surface area contributed by atoms with Crippen molar-refractivity contribution in [3.05, 3.63) is 52.8 Å².